The van der Waals surface area contributed by atoms with Gasteiger partial charge in [0.2, 0.25) is 11.8 Å². The number of amides is 2. The zero-order valence-corrected chi connectivity index (χ0v) is 20.1. The lowest BCUT2D eigenvalue weighted by Crippen LogP contribution is -2.12. The number of hydrogen-bond acceptors (Lipinski definition) is 6. The molecule has 0 fully saturated rings. The van der Waals surface area contributed by atoms with E-state index < -0.39 is 17.8 Å². The van der Waals surface area contributed by atoms with Gasteiger partial charge in [0.15, 0.2) is 0 Å². The third kappa shape index (κ3) is 17.2. The van der Waals surface area contributed by atoms with E-state index in [2.05, 4.69) is 5.10 Å². The normalized spacial score (nSPS) is 9.66. The molecule has 0 unspecified atom stereocenters. The fraction of sp³-hybridized carbons (Fsp3) is 0.417. The molecule has 1 aromatic carbocycles. The van der Waals surface area contributed by atoms with E-state index in [1.54, 1.807) is 11.6 Å². The highest BCUT2D eigenvalue weighted by Crippen LogP contribution is 2.17. The van der Waals surface area contributed by atoms with E-state index in [1.807, 2.05) is 43.6 Å². The number of nitrogens with two attached hydrogens (primary N) is 2. The standard InChI is InChI=1S/C13H15N3O.C8H13NO4.C3H6O2/c1-16-9-8-12(15-16)11-5-2-10(3-6-11)4-7-13(14)17;9-7(11)5-4-6(10)2-1-3-8(12)13;1-2-3(4)5/h2-3,5-6,8-9H,4,7H2,1H3,(H2,14,17);1-5H2,(H2,9,11)(H,12,13);2H2,1H3,(H,4,5). The number of nitrogens with zero attached hydrogens (tertiary/aromatic N) is 2. The van der Waals surface area contributed by atoms with Crippen molar-refractivity contribution >= 4 is 29.5 Å². The fourth-order valence-corrected chi connectivity index (χ4v) is 2.50. The van der Waals surface area contributed by atoms with Crippen LogP contribution in [0.2, 0.25) is 0 Å². The van der Waals surface area contributed by atoms with Crippen LogP contribution in [0.15, 0.2) is 36.5 Å². The van der Waals surface area contributed by atoms with Gasteiger partial charge in [-0.05, 0) is 24.5 Å². The van der Waals surface area contributed by atoms with Crippen LogP contribution in [-0.2, 0) is 37.4 Å². The number of carbonyl (C=O) groups excluding carboxylic acids is 3. The molecule has 2 aromatic rings. The van der Waals surface area contributed by atoms with Crippen molar-refractivity contribution in [2.24, 2.45) is 18.5 Å². The lowest BCUT2D eigenvalue weighted by atomic mass is 10.1. The first-order valence-corrected chi connectivity index (χ1v) is 11.0. The molecule has 6 N–H and O–H groups in total. The van der Waals surface area contributed by atoms with Crippen molar-refractivity contribution in [1.82, 2.24) is 9.78 Å². The van der Waals surface area contributed by atoms with E-state index in [-0.39, 0.29) is 43.8 Å². The highest BCUT2D eigenvalue weighted by Gasteiger charge is 2.05. The summed E-state index contributed by atoms with van der Waals surface area (Å²) in [7, 11) is 1.89. The average Bonchev–Trinajstić information content (AvgIpc) is 3.23. The van der Waals surface area contributed by atoms with Crippen LogP contribution in [0.5, 0.6) is 0 Å². The Morgan fingerprint density at radius 1 is 0.829 bits per heavy atom. The second-order valence-corrected chi connectivity index (χ2v) is 7.54. The molecule has 1 heterocycles. The van der Waals surface area contributed by atoms with Gasteiger partial charge in [-0.15, -0.1) is 0 Å². The van der Waals surface area contributed by atoms with Crippen molar-refractivity contribution < 1.29 is 34.2 Å². The molecule has 0 saturated heterocycles. The Morgan fingerprint density at radius 2 is 1.40 bits per heavy atom. The number of primary amides is 2. The Balaban J connectivity index is 0.000000571. The number of carboxylic acids is 2. The van der Waals surface area contributed by atoms with Crippen molar-refractivity contribution in [3.63, 3.8) is 0 Å². The highest BCUT2D eigenvalue weighted by atomic mass is 16.4. The van der Waals surface area contributed by atoms with Crippen molar-refractivity contribution in [3.8, 4) is 11.3 Å². The molecular formula is C24H34N4O7. The van der Waals surface area contributed by atoms with E-state index >= 15 is 0 Å². The number of Topliss-reactive ketones (excluding diaryl/α,β-unsaturated/α-hetero) is 1. The maximum absolute atomic E-state index is 10.9. The maximum atomic E-state index is 10.9. The Hall–Kier alpha value is -4.02. The summed E-state index contributed by atoms with van der Waals surface area (Å²) in [5.74, 6) is -2.54. The lowest BCUT2D eigenvalue weighted by molar-refractivity contribution is -0.138. The zero-order chi connectivity index (χ0) is 26.8. The molecule has 1 aromatic heterocycles. The molecular weight excluding hydrogens is 456 g/mol. The number of aryl methyl sites for hydroxylation is 2. The predicted molar refractivity (Wildman–Crippen MR) is 129 cm³/mol. The molecule has 0 aliphatic carbocycles. The molecule has 192 valence electrons. The van der Waals surface area contributed by atoms with Crippen LogP contribution < -0.4 is 11.5 Å². The third-order valence-electron chi connectivity index (χ3n) is 4.42. The van der Waals surface area contributed by atoms with E-state index in [0.717, 1.165) is 16.8 Å². The number of ketones is 1. The Labute approximate surface area is 204 Å². The maximum Gasteiger partial charge on any atom is 0.303 e. The molecule has 0 atom stereocenters. The molecule has 0 aliphatic rings. The van der Waals surface area contributed by atoms with Crippen LogP contribution in [0.25, 0.3) is 11.3 Å². The van der Waals surface area contributed by atoms with Gasteiger partial charge in [-0.1, -0.05) is 31.2 Å². The van der Waals surface area contributed by atoms with Gasteiger partial charge in [0.1, 0.15) is 5.78 Å². The molecule has 0 bridgehead atoms. The molecule has 0 radical (unpaired) electrons. The summed E-state index contributed by atoms with van der Waals surface area (Å²) in [5, 5.41) is 20.3. The summed E-state index contributed by atoms with van der Waals surface area (Å²) in [4.78, 5) is 51.3. The summed E-state index contributed by atoms with van der Waals surface area (Å²) in [6.07, 6.45) is 3.91. The SMILES string of the molecule is CCC(=O)O.Cn1ccc(-c2ccc(CCC(N)=O)cc2)n1.NC(=O)CCC(=O)CCCC(=O)O. The molecule has 0 aliphatic heterocycles. The Bertz CT molecular complexity index is 969. The van der Waals surface area contributed by atoms with Crippen LogP contribution in [0.1, 0.15) is 57.4 Å². The largest absolute Gasteiger partial charge is 0.481 e. The topological polar surface area (TPSA) is 196 Å². The van der Waals surface area contributed by atoms with E-state index in [4.69, 9.17) is 21.7 Å². The smallest absolute Gasteiger partial charge is 0.303 e. The number of aromatic nitrogens is 2. The van der Waals surface area contributed by atoms with E-state index in [9.17, 15) is 24.0 Å². The number of carboxylic acid groups (broad SMARTS) is 2. The van der Waals surface area contributed by atoms with Crippen LogP contribution in [0, 0.1) is 0 Å². The van der Waals surface area contributed by atoms with Crippen LogP contribution in [0.4, 0.5) is 0 Å². The number of rotatable bonds is 12. The van der Waals surface area contributed by atoms with Crippen LogP contribution in [0.3, 0.4) is 0 Å². The van der Waals surface area contributed by atoms with Gasteiger partial charge < -0.3 is 21.7 Å². The molecule has 0 spiro atoms. The van der Waals surface area contributed by atoms with Gasteiger partial charge in [-0.3, -0.25) is 28.7 Å². The molecule has 2 amide bonds. The third-order valence-corrected chi connectivity index (χ3v) is 4.42. The van der Waals surface area contributed by atoms with Gasteiger partial charge in [0.05, 0.1) is 5.69 Å². The minimum atomic E-state index is -0.914. The Kier molecular flexibility index (Phi) is 15.5. The van der Waals surface area contributed by atoms with Crippen molar-refractivity contribution in [2.75, 3.05) is 0 Å². The first kappa shape index (κ1) is 31.0. The summed E-state index contributed by atoms with van der Waals surface area (Å²) in [5.41, 5.74) is 13.1. The van der Waals surface area contributed by atoms with E-state index in [0.29, 0.717) is 19.3 Å². The second-order valence-electron chi connectivity index (χ2n) is 7.54. The average molecular weight is 491 g/mol. The molecule has 35 heavy (non-hydrogen) atoms. The van der Waals surface area contributed by atoms with Crippen molar-refractivity contribution in [3.05, 3.63) is 42.1 Å². The molecule has 2 rings (SSSR count). The molecule has 11 nitrogen and oxygen atoms in total. The molecule has 11 heteroatoms. The summed E-state index contributed by atoms with van der Waals surface area (Å²) in [6, 6.07) is 10.0. The van der Waals surface area contributed by atoms with Gasteiger partial charge in [-0.2, -0.15) is 5.10 Å². The monoisotopic (exact) mass is 490 g/mol. The predicted octanol–water partition coefficient (Wildman–Crippen LogP) is 2.06. The van der Waals surface area contributed by atoms with E-state index in [1.165, 1.54) is 0 Å². The lowest BCUT2D eigenvalue weighted by Gasteiger charge is -2.01. The quantitative estimate of drug-likeness (QED) is 0.347. The first-order valence-electron chi connectivity index (χ1n) is 11.0. The highest BCUT2D eigenvalue weighted by molar-refractivity contribution is 5.84. The minimum absolute atomic E-state index is 0.0116. The zero-order valence-electron chi connectivity index (χ0n) is 20.1. The van der Waals surface area contributed by atoms with Crippen molar-refractivity contribution in [2.45, 2.75) is 58.3 Å². The van der Waals surface area contributed by atoms with Gasteiger partial charge in [-0.25, -0.2) is 0 Å². The van der Waals surface area contributed by atoms with Gasteiger partial charge in [0, 0.05) is 57.3 Å². The summed E-state index contributed by atoms with van der Waals surface area (Å²) < 4.78 is 1.77. The first-order chi connectivity index (χ1) is 16.4. The Morgan fingerprint density at radius 3 is 1.83 bits per heavy atom. The summed E-state index contributed by atoms with van der Waals surface area (Å²) >= 11 is 0. The van der Waals surface area contributed by atoms with Crippen LogP contribution >= 0.6 is 0 Å². The minimum Gasteiger partial charge on any atom is -0.481 e. The van der Waals surface area contributed by atoms with Gasteiger partial charge in [0.25, 0.3) is 0 Å². The number of benzene rings is 1. The fourth-order valence-electron chi connectivity index (χ4n) is 2.50. The second kappa shape index (κ2) is 17.5. The number of aliphatic carboxylic acids is 2. The van der Waals surface area contributed by atoms with Gasteiger partial charge >= 0.3 is 11.9 Å². The molecule has 0 saturated carbocycles. The number of carbonyl (C=O) groups is 5. The van der Waals surface area contributed by atoms with Crippen LogP contribution in [-0.4, -0.2) is 49.5 Å². The van der Waals surface area contributed by atoms with Crippen molar-refractivity contribution in [1.29, 1.82) is 0 Å². The number of hydrogen-bond donors (Lipinski definition) is 4. The summed E-state index contributed by atoms with van der Waals surface area (Å²) in [6.45, 7) is 1.60.